The Kier molecular flexibility index (Phi) is 7.06. The van der Waals surface area contributed by atoms with Gasteiger partial charge in [-0.1, -0.05) is 31.1 Å². The number of nitriles is 1. The number of carboxylic acid groups (broad SMARTS) is 1. The zero-order valence-electron chi connectivity index (χ0n) is 20.5. The second kappa shape index (κ2) is 10.2. The van der Waals surface area contributed by atoms with Gasteiger partial charge in [0.2, 0.25) is 5.82 Å². The zero-order chi connectivity index (χ0) is 25.1. The third kappa shape index (κ3) is 5.46. The lowest BCUT2D eigenvalue weighted by Gasteiger charge is -2.24. The van der Waals surface area contributed by atoms with E-state index in [1.165, 1.54) is 10.5 Å². The lowest BCUT2D eigenvalue weighted by atomic mass is 9.86. The van der Waals surface area contributed by atoms with E-state index in [1.807, 2.05) is 26.0 Å². The van der Waals surface area contributed by atoms with E-state index in [4.69, 9.17) is 9.26 Å². The Balaban J connectivity index is 1.63. The van der Waals surface area contributed by atoms with Gasteiger partial charge in [-0.25, -0.2) is 4.79 Å². The second-order valence-electron chi connectivity index (χ2n) is 9.63. The molecule has 0 fully saturated rings. The van der Waals surface area contributed by atoms with E-state index in [0.717, 1.165) is 17.5 Å². The number of amides is 1. The number of rotatable bonds is 6. The summed E-state index contributed by atoms with van der Waals surface area (Å²) in [6.45, 7) is 9.09. The van der Waals surface area contributed by atoms with Crippen LogP contribution < -0.4 is 4.74 Å². The minimum atomic E-state index is -0.879. The van der Waals surface area contributed by atoms with E-state index < -0.39 is 6.09 Å². The molecular formula is C27H30N4O4. The Labute approximate surface area is 205 Å². The lowest BCUT2D eigenvalue weighted by molar-refractivity contribution is 0.142. The van der Waals surface area contributed by atoms with Crippen molar-refractivity contribution in [3.8, 4) is 34.7 Å². The van der Waals surface area contributed by atoms with Gasteiger partial charge in [-0.05, 0) is 68.0 Å². The number of fused-ring (bicyclic) bond motifs is 1. The van der Waals surface area contributed by atoms with Gasteiger partial charge in [-0.15, -0.1) is 0 Å². The number of ether oxygens (including phenoxy) is 1. The SMILES string of the molecule is CC(C)CC1CN(C(=O)O)CCc2cc(-c3noc(-c4ccc(OC(C)C)c(C#N)c4)n3)ccc21. The predicted octanol–water partition coefficient (Wildman–Crippen LogP) is 5.73. The fourth-order valence-electron chi connectivity index (χ4n) is 4.58. The molecule has 2 heterocycles. The van der Waals surface area contributed by atoms with Crippen molar-refractivity contribution in [2.45, 2.75) is 52.6 Å². The Morgan fingerprint density at radius 1 is 1.23 bits per heavy atom. The first-order valence-electron chi connectivity index (χ1n) is 11.9. The first-order chi connectivity index (χ1) is 16.7. The Hall–Kier alpha value is -3.86. The summed E-state index contributed by atoms with van der Waals surface area (Å²) in [4.78, 5) is 17.8. The maximum Gasteiger partial charge on any atom is 0.407 e. The Morgan fingerprint density at radius 3 is 2.69 bits per heavy atom. The molecule has 1 aliphatic heterocycles. The van der Waals surface area contributed by atoms with Gasteiger partial charge in [0.25, 0.3) is 5.89 Å². The van der Waals surface area contributed by atoms with Crippen molar-refractivity contribution in [2.24, 2.45) is 5.92 Å². The van der Waals surface area contributed by atoms with Crippen LogP contribution in [0.5, 0.6) is 5.75 Å². The maximum atomic E-state index is 11.7. The van der Waals surface area contributed by atoms with Crippen LogP contribution in [0.2, 0.25) is 0 Å². The Morgan fingerprint density at radius 2 is 2.00 bits per heavy atom. The van der Waals surface area contributed by atoms with Crippen LogP contribution in [-0.4, -0.2) is 45.4 Å². The van der Waals surface area contributed by atoms with Gasteiger partial charge in [0.15, 0.2) is 0 Å². The van der Waals surface area contributed by atoms with E-state index in [9.17, 15) is 15.2 Å². The smallest absolute Gasteiger partial charge is 0.407 e. The molecular weight excluding hydrogens is 444 g/mol. The van der Waals surface area contributed by atoms with Crippen molar-refractivity contribution >= 4 is 6.09 Å². The lowest BCUT2D eigenvalue weighted by Crippen LogP contribution is -2.33. The molecule has 1 aromatic heterocycles. The normalized spacial score (nSPS) is 15.6. The summed E-state index contributed by atoms with van der Waals surface area (Å²) in [6, 6.07) is 13.5. The van der Waals surface area contributed by atoms with E-state index in [0.29, 0.717) is 54.0 Å². The van der Waals surface area contributed by atoms with Gasteiger partial charge in [-0.2, -0.15) is 10.2 Å². The summed E-state index contributed by atoms with van der Waals surface area (Å²) in [6.07, 6.45) is 0.632. The van der Waals surface area contributed by atoms with Gasteiger partial charge in [-0.3, -0.25) is 0 Å². The molecule has 35 heavy (non-hydrogen) atoms. The topological polar surface area (TPSA) is 112 Å². The number of hydrogen-bond donors (Lipinski definition) is 1. The van der Waals surface area contributed by atoms with Crippen molar-refractivity contribution in [2.75, 3.05) is 13.1 Å². The molecule has 0 aliphatic carbocycles. The third-order valence-electron chi connectivity index (χ3n) is 6.09. The van der Waals surface area contributed by atoms with Gasteiger partial charge >= 0.3 is 6.09 Å². The molecule has 0 radical (unpaired) electrons. The standard InChI is InChI=1S/C27H30N4O4/c1-16(2)11-22-15-31(27(32)33)10-9-18-12-19(5-7-23(18)22)25-29-26(35-30-25)20-6-8-24(34-17(3)4)21(13-20)14-28/h5-8,12-13,16-17,22H,9-11,15H2,1-4H3,(H,32,33). The highest BCUT2D eigenvalue weighted by molar-refractivity contribution is 5.66. The molecule has 8 heteroatoms. The molecule has 1 atom stereocenters. The molecule has 8 nitrogen and oxygen atoms in total. The highest BCUT2D eigenvalue weighted by Gasteiger charge is 2.27. The predicted molar refractivity (Wildman–Crippen MR) is 131 cm³/mol. The minimum absolute atomic E-state index is 0.0427. The number of carbonyl (C=O) groups is 1. The summed E-state index contributed by atoms with van der Waals surface area (Å²) in [5, 5.41) is 23.3. The highest BCUT2D eigenvalue weighted by Crippen LogP contribution is 2.34. The molecule has 0 saturated heterocycles. The summed E-state index contributed by atoms with van der Waals surface area (Å²) >= 11 is 0. The Bertz CT molecular complexity index is 1260. The van der Waals surface area contributed by atoms with Gasteiger partial charge < -0.3 is 19.3 Å². The number of nitrogens with zero attached hydrogens (tertiary/aromatic N) is 4. The summed E-state index contributed by atoms with van der Waals surface area (Å²) < 4.78 is 11.2. The van der Waals surface area contributed by atoms with Gasteiger partial charge in [0.05, 0.1) is 11.7 Å². The molecule has 1 amide bonds. The largest absolute Gasteiger partial charge is 0.490 e. The monoisotopic (exact) mass is 474 g/mol. The molecule has 4 rings (SSSR count). The molecule has 2 aromatic carbocycles. The van der Waals surface area contributed by atoms with Crippen LogP contribution in [0.1, 0.15) is 56.7 Å². The van der Waals surface area contributed by atoms with Crippen molar-refractivity contribution < 1.29 is 19.2 Å². The molecule has 1 aliphatic rings. The summed E-state index contributed by atoms with van der Waals surface area (Å²) in [5.74, 6) is 1.88. The van der Waals surface area contributed by atoms with Crippen molar-refractivity contribution in [3.63, 3.8) is 0 Å². The molecule has 1 N–H and O–H groups in total. The quantitative estimate of drug-likeness (QED) is 0.485. The molecule has 0 spiro atoms. The summed E-state index contributed by atoms with van der Waals surface area (Å²) in [5.41, 5.74) is 4.16. The van der Waals surface area contributed by atoms with E-state index in [-0.39, 0.29) is 12.0 Å². The van der Waals surface area contributed by atoms with Crippen molar-refractivity contribution in [1.82, 2.24) is 15.0 Å². The number of aromatic nitrogens is 2. The number of benzene rings is 2. The average molecular weight is 475 g/mol. The average Bonchev–Trinajstić information content (AvgIpc) is 3.23. The van der Waals surface area contributed by atoms with Crippen LogP contribution in [0.25, 0.3) is 22.8 Å². The van der Waals surface area contributed by atoms with E-state index in [1.54, 1.807) is 18.2 Å². The molecule has 182 valence electrons. The van der Waals surface area contributed by atoms with Crippen molar-refractivity contribution in [3.05, 3.63) is 53.1 Å². The molecule has 1 unspecified atom stereocenters. The number of hydrogen-bond acceptors (Lipinski definition) is 6. The zero-order valence-corrected chi connectivity index (χ0v) is 20.5. The minimum Gasteiger partial charge on any atom is -0.490 e. The first-order valence-corrected chi connectivity index (χ1v) is 11.9. The van der Waals surface area contributed by atoms with E-state index >= 15 is 0 Å². The van der Waals surface area contributed by atoms with Crippen molar-refractivity contribution in [1.29, 1.82) is 5.26 Å². The second-order valence-corrected chi connectivity index (χ2v) is 9.63. The van der Waals surface area contributed by atoms with E-state index in [2.05, 4.69) is 36.1 Å². The fourth-order valence-corrected chi connectivity index (χ4v) is 4.58. The van der Waals surface area contributed by atoms with Crippen LogP contribution in [0, 0.1) is 17.2 Å². The van der Waals surface area contributed by atoms with Crippen LogP contribution in [-0.2, 0) is 6.42 Å². The molecule has 0 saturated carbocycles. The van der Waals surface area contributed by atoms with Crippen LogP contribution >= 0.6 is 0 Å². The van der Waals surface area contributed by atoms with Gasteiger partial charge in [0.1, 0.15) is 11.8 Å². The third-order valence-corrected chi connectivity index (χ3v) is 6.09. The maximum absolute atomic E-state index is 11.7. The van der Waals surface area contributed by atoms with Gasteiger partial charge in [0, 0.05) is 30.1 Å². The van der Waals surface area contributed by atoms with Crippen LogP contribution in [0.15, 0.2) is 40.9 Å². The molecule has 0 bridgehead atoms. The fraction of sp³-hybridized carbons (Fsp3) is 0.407. The van der Waals surface area contributed by atoms with Crippen LogP contribution in [0.3, 0.4) is 0 Å². The summed E-state index contributed by atoms with van der Waals surface area (Å²) in [7, 11) is 0. The molecule has 3 aromatic rings. The first kappa shape index (κ1) is 24.3. The highest BCUT2D eigenvalue weighted by atomic mass is 16.5. The van der Waals surface area contributed by atoms with Crippen LogP contribution in [0.4, 0.5) is 4.79 Å².